The average Bonchev–Trinajstić information content (AvgIpc) is 2.84. The first-order valence-electron chi connectivity index (χ1n) is 10.2. The molecule has 0 atom stereocenters. The van der Waals surface area contributed by atoms with Crippen molar-refractivity contribution in [3.05, 3.63) is 93.4 Å². The zero-order chi connectivity index (χ0) is 24.3. The molecule has 0 unspecified atom stereocenters. The first kappa shape index (κ1) is 25.5. The summed E-state index contributed by atoms with van der Waals surface area (Å²) in [4.78, 5) is 24.7. The summed E-state index contributed by atoms with van der Waals surface area (Å²) in [6.45, 7) is 0.147. The number of halogens is 2. The Balaban J connectivity index is 1.47. The second-order valence-corrected chi connectivity index (χ2v) is 8.68. The molecule has 3 aromatic rings. The molecule has 0 aliphatic carbocycles. The maximum Gasteiger partial charge on any atom is 0.276 e. The van der Waals surface area contributed by atoms with Crippen LogP contribution >= 0.6 is 39.7 Å². The average molecular weight is 563 g/mol. The SMILES string of the molecule is O=C(COc1ccc(Cl)cc1)NNC(=S)NC(=O)c1cc(Br)ccc1OCCc1ccccc1. The van der Waals surface area contributed by atoms with Crippen LogP contribution in [0, 0.1) is 0 Å². The number of rotatable bonds is 8. The van der Waals surface area contributed by atoms with Crippen molar-refractivity contribution in [1.82, 2.24) is 16.2 Å². The zero-order valence-electron chi connectivity index (χ0n) is 17.8. The van der Waals surface area contributed by atoms with Gasteiger partial charge >= 0.3 is 0 Å². The molecule has 0 heterocycles. The molecule has 0 radical (unpaired) electrons. The fourth-order valence-electron chi connectivity index (χ4n) is 2.77. The smallest absolute Gasteiger partial charge is 0.276 e. The van der Waals surface area contributed by atoms with E-state index in [1.165, 1.54) is 0 Å². The quantitative estimate of drug-likeness (QED) is 0.278. The molecule has 7 nitrogen and oxygen atoms in total. The van der Waals surface area contributed by atoms with Crippen molar-refractivity contribution in [2.24, 2.45) is 0 Å². The van der Waals surface area contributed by atoms with Crippen LogP contribution in [-0.2, 0) is 11.2 Å². The second-order valence-electron chi connectivity index (χ2n) is 6.92. The molecule has 0 spiro atoms. The molecule has 3 N–H and O–H groups in total. The minimum absolute atomic E-state index is 0.0833. The van der Waals surface area contributed by atoms with Crippen molar-refractivity contribution >= 4 is 56.7 Å². The van der Waals surface area contributed by atoms with Gasteiger partial charge in [-0.2, -0.15) is 0 Å². The van der Waals surface area contributed by atoms with Crippen molar-refractivity contribution in [2.75, 3.05) is 13.2 Å². The van der Waals surface area contributed by atoms with E-state index in [2.05, 4.69) is 32.1 Å². The number of hydrogen-bond acceptors (Lipinski definition) is 5. The predicted molar refractivity (Wildman–Crippen MR) is 138 cm³/mol. The number of nitrogens with one attached hydrogen (secondary N) is 3. The van der Waals surface area contributed by atoms with Gasteiger partial charge in [0.05, 0.1) is 12.2 Å². The van der Waals surface area contributed by atoms with Crippen LogP contribution < -0.4 is 25.6 Å². The van der Waals surface area contributed by atoms with Gasteiger partial charge in [-0.15, -0.1) is 0 Å². The van der Waals surface area contributed by atoms with Gasteiger partial charge in [-0.05, 0) is 60.2 Å². The van der Waals surface area contributed by atoms with Gasteiger partial charge in [-0.25, -0.2) is 0 Å². The van der Waals surface area contributed by atoms with Gasteiger partial charge in [-0.1, -0.05) is 57.9 Å². The summed E-state index contributed by atoms with van der Waals surface area (Å²) in [5.41, 5.74) is 6.26. The van der Waals surface area contributed by atoms with Crippen LogP contribution in [-0.4, -0.2) is 30.1 Å². The Morgan fingerprint density at radius 1 is 0.941 bits per heavy atom. The highest BCUT2D eigenvalue weighted by Gasteiger charge is 2.15. The van der Waals surface area contributed by atoms with E-state index in [-0.39, 0.29) is 11.7 Å². The summed E-state index contributed by atoms with van der Waals surface area (Å²) in [5, 5.41) is 3.00. The molecule has 3 rings (SSSR count). The van der Waals surface area contributed by atoms with E-state index >= 15 is 0 Å². The summed E-state index contributed by atoms with van der Waals surface area (Å²) < 4.78 is 11.9. The van der Waals surface area contributed by atoms with Crippen molar-refractivity contribution in [1.29, 1.82) is 0 Å². The van der Waals surface area contributed by atoms with Crippen LogP contribution in [0.5, 0.6) is 11.5 Å². The van der Waals surface area contributed by atoms with E-state index in [4.69, 9.17) is 33.3 Å². The molecule has 176 valence electrons. The summed E-state index contributed by atoms with van der Waals surface area (Å²) in [7, 11) is 0. The number of amides is 2. The predicted octanol–water partition coefficient (Wildman–Crippen LogP) is 4.44. The molecule has 0 bridgehead atoms. The molecule has 0 aromatic heterocycles. The first-order valence-corrected chi connectivity index (χ1v) is 11.7. The molecular formula is C24H21BrClN3O4S. The molecule has 0 fully saturated rings. The number of ether oxygens (including phenoxy) is 2. The van der Waals surface area contributed by atoms with E-state index in [0.717, 1.165) is 5.56 Å². The Morgan fingerprint density at radius 3 is 2.41 bits per heavy atom. The minimum Gasteiger partial charge on any atom is -0.492 e. The number of carbonyl (C=O) groups is 2. The number of thiocarbonyl (C=S) groups is 1. The highest BCUT2D eigenvalue weighted by molar-refractivity contribution is 9.10. The topological polar surface area (TPSA) is 88.7 Å². The molecule has 0 aliphatic rings. The Labute approximate surface area is 215 Å². The Kier molecular flexibility index (Phi) is 9.69. The lowest BCUT2D eigenvalue weighted by Gasteiger charge is -2.14. The number of carbonyl (C=O) groups excluding carboxylic acids is 2. The van der Waals surface area contributed by atoms with Crippen LogP contribution in [0.2, 0.25) is 5.02 Å². The Hall–Kier alpha value is -3.14. The van der Waals surface area contributed by atoms with Crippen LogP contribution in [0.1, 0.15) is 15.9 Å². The summed E-state index contributed by atoms with van der Waals surface area (Å²) >= 11 is 14.3. The maximum absolute atomic E-state index is 12.8. The van der Waals surface area contributed by atoms with E-state index in [0.29, 0.717) is 39.6 Å². The molecule has 2 amide bonds. The number of hydrogen-bond donors (Lipinski definition) is 3. The molecule has 0 saturated heterocycles. The van der Waals surface area contributed by atoms with Gasteiger partial charge in [0.25, 0.3) is 11.8 Å². The van der Waals surface area contributed by atoms with E-state index < -0.39 is 11.8 Å². The third kappa shape index (κ3) is 8.33. The standard InChI is InChI=1S/C24H21BrClN3O4S/c25-17-6-11-21(32-13-12-16-4-2-1-3-5-16)20(14-17)23(31)27-24(34)29-28-22(30)15-33-19-9-7-18(26)8-10-19/h1-11,14H,12-13,15H2,(H,28,30)(H2,27,29,31,34). The monoisotopic (exact) mass is 561 g/mol. The van der Waals surface area contributed by atoms with Crippen LogP contribution in [0.3, 0.4) is 0 Å². The van der Waals surface area contributed by atoms with Gasteiger partial charge in [0.15, 0.2) is 11.7 Å². The third-order valence-corrected chi connectivity index (χ3v) is 5.35. The number of benzene rings is 3. The Bertz CT molecular complexity index is 1150. The lowest BCUT2D eigenvalue weighted by molar-refractivity contribution is -0.123. The molecule has 10 heteroatoms. The maximum atomic E-state index is 12.8. The van der Waals surface area contributed by atoms with Crippen molar-refractivity contribution in [3.8, 4) is 11.5 Å². The Morgan fingerprint density at radius 2 is 1.68 bits per heavy atom. The highest BCUT2D eigenvalue weighted by atomic mass is 79.9. The highest BCUT2D eigenvalue weighted by Crippen LogP contribution is 2.23. The van der Waals surface area contributed by atoms with Crippen LogP contribution in [0.15, 0.2) is 77.3 Å². The van der Waals surface area contributed by atoms with Crippen LogP contribution in [0.25, 0.3) is 0 Å². The molecule has 3 aromatic carbocycles. The van der Waals surface area contributed by atoms with Crippen LogP contribution in [0.4, 0.5) is 0 Å². The van der Waals surface area contributed by atoms with E-state index in [1.54, 1.807) is 42.5 Å². The van der Waals surface area contributed by atoms with Gasteiger partial charge in [0.2, 0.25) is 0 Å². The summed E-state index contributed by atoms with van der Waals surface area (Å²) in [6, 6.07) is 21.6. The van der Waals surface area contributed by atoms with Crippen molar-refractivity contribution < 1.29 is 19.1 Å². The van der Waals surface area contributed by atoms with E-state index in [1.807, 2.05) is 30.3 Å². The zero-order valence-corrected chi connectivity index (χ0v) is 21.0. The van der Waals surface area contributed by atoms with E-state index in [9.17, 15) is 9.59 Å². The molecular weight excluding hydrogens is 542 g/mol. The van der Waals surface area contributed by atoms with Gasteiger partial charge in [0, 0.05) is 15.9 Å². The second kappa shape index (κ2) is 12.9. The van der Waals surface area contributed by atoms with Crippen molar-refractivity contribution in [3.63, 3.8) is 0 Å². The fourth-order valence-corrected chi connectivity index (χ4v) is 3.40. The lowest BCUT2D eigenvalue weighted by Crippen LogP contribution is -2.49. The van der Waals surface area contributed by atoms with Gasteiger partial charge in [0.1, 0.15) is 11.5 Å². The third-order valence-electron chi connectivity index (χ3n) is 4.40. The summed E-state index contributed by atoms with van der Waals surface area (Å²) in [5.74, 6) is -0.0659. The first-order chi connectivity index (χ1) is 16.4. The fraction of sp³-hybridized carbons (Fsp3) is 0.125. The molecule has 34 heavy (non-hydrogen) atoms. The summed E-state index contributed by atoms with van der Waals surface area (Å²) in [6.07, 6.45) is 0.696. The number of hydrazine groups is 1. The molecule has 0 saturated carbocycles. The van der Waals surface area contributed by atoms with Gasteiger partial charge in [-0.3, -0.25) is 25.8 Å². The molecule has 0 aliphatic heterocycles. The van der Waals surface area contributed by atoms with Gasteiger partial charge < -0.3 is 9.47 Å². The lowest BCUT2D eigenvalue weighted by atomic mass is 10.1. The van der Waals surface area contributed by atoms with Crippen molar-refractivity contribution in [2.45, 2.75) is 6.42 Å². The normalized spacial score (nSPS) is 10.2. The largest absolute Gasteiger partial charge is 0.492 e. The minimum atomic E-state index is -0.487.